The number of guanidine groups is 1. The Morgan fingerprint density at radius 3 is 2.67 bits per heavy atom. The smallest absolute Gasteiger partial charge is 0.228 e. The third kappa shape index (κ3) is 4.89. The average molecular weight is 364 g/mol. The van der Waals surface area contributed by atoms with Gasteiger partial charge in [-0.3, -0.25) is 10.4 Å². The summed E-state index contributed by atoms with van der Waals surface area (Å²) in [5, 5.41) is 1.34. The molecule has 1 aromatic rings. The fourth-order valence-electron chi connectivity index (χ4n) is 1.66. The van der Waals surface area contributed by atoms with Gasteiger partial charge >= 0.3 is 0 Å². The van der Waals surface area contributed by atoms with Crippen molar-refractivity contribution in [3.8, 4) is 0 Å². The van der Waals surface area contributed by atoms with Crippen LogP contribution in [-0.4, -0.2) is 23.4 Å². The van der Waals surface area contributed by atoms with E-state index in [0.29, 0.717) is 28.9 Å². The van der Waals surface area contributed by atoms with Gasteiger partial charge in [0.2, 0.25) is 5.96 Å². The van der Waals surface area contributed by atoms with Crippen LogP contribution in [-0.2, 0) is 32.7 Å². The van der Waals surface area contributed by atoms with Crippen molar-refractivity contribution in [1.82, 2.24) is 10.4 Å². The molecule has 0 aliphatic heterocycles. The van der Waals surface area contributed by atoms with Crippen molar-refractivity contribution in [3.63, 3.8) is 0 Å². The van der Waals surface area contributed by atoms with Crippen LogP contribution in [0.1, 0.15) is 28.4 Å². The Morgan fingerprint density at radius 2 is 2.19 bits per heavy atom. The van der Waals surface area contributed by atoms with Crippen molar-refractivity contribution in [2.24, 2.45) is 22.4 Å². The minimum Gasteiger partial charge on any atom is -0.404 e. The number of nitrogens with two attached hydrogens (primary N) is 3. The normalized spacial score (nSPS) is 10.6. The Hall–Kier alpha value is -1.28. The van der Waals surface area contributed by atoms with Crippen LogP contribution >= 0.6 is 0 Å². The first-order chi connectivity index (χ1) is 9.42. The molecule has 0 aliphatic carbocycles. The van der Waals surface area contributed by atoms with E-state index in [9.17, 15) is 4.79 Å². The quantitative estimate of drug-likeness (QED) is 0.195. The monoisotopic (exact) mass is 364 g/mol. The Labute approximate surface area is 149 Å². The Balaban J connectivity index is 0.00000400. The third-order valence-electron chi connectivity index (χ3n) is 2.80. The molecule has 111 valence electrons. The zero-order valence-electron chi connectivity index (χ0n) is 12.2. The number of aliphatic imine (C=N–C) groups is 1. The predicted octanol–water partition coefficient (Wildman–Crippen LogP) is -0.123. The molecule has 0 aromatic heterocycles. The van der Waals surface area contributed by atoms with Gasteiger partial charge < -0.3 is 10.5 Å². The number of nitrogens with zero attached hydrogens (tertiary/aromatic N) is 2. The van der Waals surface area contributed by atoms with Crippen molar-refractivity contribution in [3.05, 3.63) is 41.5 Å². The molecule has 21 heavy (non-hydrogen) atoms. The van der Waals surface area contributed by atoms with E-state index in [-0.39, 0.29) is 38.7 Å². The van der Waals surface area contributed by atoms with Gasteiger partial charge in [-0.25, -0.2) is 16.7 Å². The number of nitrogens with one attached hydrogen (secondary N) is 1. The van der Waals surface area contributed by atoms with E-state index in [1.165, 1.54) is 5.01 Å². The van der Waals surface area contributed by atoms with Gasteiger partial charge in [-0.2, -0.15) is 0 Å². The molecule has 1 rings (SSSR count). The van der Waals surface area contributed by atoms with Gasteiger partial charge in [0.15, 0.2) is 5.91 Å². The first-order valence-electron chi connectivity index (χ1n) is 6.00. The topological polar surface area (TPSA) is 123 Å². The van der Waals surface area contributed by atoms with Crippen LogP contribution in [0.3, 0.4) is 0 Å². The molecule has 0 unspecified atom stereocenters. The zero-order valence-corrected chi connectivity index (χ0v) is 15.0. The fourth-order valence-corrected chi connectivity index (χ4v) is 1.66. The Kier molecular flexibility index (Phi) is 8.35. The predicted molar refractivity (Wildman–Crippen MR) is 78.9 cm³/mol. The number of benzene rings is 1. The van der Waals surface area contributed by atoms with Gasteiger partial charge in [0, 0.05) is 45.0 Å². The summed E-state index contributed by atoms with van der Waals surface area (Å²) >= 11 is 0. The van der Waals surface area contributed by atoms with Crippen LogP contribution in [0.25, 0.3) is 5.70 Å². The molecule has 0 bridgehead atoms. The van der Waals surface area contributed by atoms with Gasteiger partial charge in [0.1, 0.15) is 0 Å². The second-order valence-corrected chi connectivity index (χ2v) is 4.07. The standard InChI is InChI=1S/C13H19N6O.Y/c1-4-19(16)13(18-15)17-9(3)10-6-5-7-11(8(10)2)12(14)20;/h5-6H,3-4,15-16H2,1-2H3,(H2,14,20)(H,17,18);/q-1;. The maximum Gasteiger partial charge on any atom is 0.228 e. The van der Waals surface area contributed by atoms with Crippen LogP contribution in [0, 0.1) is 13.0 Å². The van der Waals surface area contributed by atoms with Crippen LogP contribution in [0.2, 0.25) is 0 Å². The molecule has 0 spiro atoms. The minimum atomic E-state index is -0.549. The first-order valence-corrected chi connectivity index (χ1v) is 6.00. The number of hydrogen-bond donors (Lipinski definition) is 4. The summed E-state index contributed by atoms with van der Waals surface area (Å²) in [5.41, 5.74) is 9.74. The second kappa shape index (κ2) is 8.89. The van der Waals surface area contributed by atoms with E-state index in [4.69, 9.17) is 17.4 Å². The summed E-state index contributed by atoms with van der Waals surface area (Å²) < 4.78 is 0. The van der Waals surface area contributed by atoms with Crippen LogP contribution < -0.4 is 22.8 Å². The summed E-state index contributed by atoms with van der Waals surface area (Å²) in [6.45, 7) is 7.98. The van der Waals surface area contributed by atoms with Crippen molar-refractivity contribution < 1.29 is 37.5 Å². The molecule has 1 radical (unpaired) electrons. The fraction of sp³-hybridized carbons (Fsp3) is 0.231. The van der Waals surface area contributed by atoms with E-state index in [1.54, 1.807) is 19.1 Å². The number of carbonyl (C=O) groups excluding carboxylic acids is 1. The molecule has 7 N–H and O–H groups in total. The summed E-state index contributed by atoms with van der Waals surface area (Å²) in [4.78, 5) is 15.5. The van der Waals surface area contributed by atoms with E-state index in [2.05, 4.69) is 23.1 Å². The molecular formula is C13H19N6OY-. The first kappa shape index (κ1) is 19.7. The van der Waals surface area contributed by atoms with Crippen LogP contribution in [0.4, 0.5) is 0 Å². The SMILES string of the molecule is C=C(N=C(NN)N(N)CC)c1cc[c-]c(C(N)=O)c1C.[Y]. The van der Waals surface area contributed by atoms with Crippen molar-refractivity contribution in [2.45, 2.75) is 13.8 Å². The Bertz CT molecular complexity index is 558. The largest absolute Gasteiger partial charge is 0.404 e. The van der Waals surface area contributed by atoms with Crippen molar-refractivity contribution in [2.75, 3.05) is 6.54 Å². The number of carbonyl (C=O) groups is 1. The molecule has 0 atom stereocenters. The summed E-state index contributed by atoms with van der Waals surface area (Å²) in [5.74, 6) is 10.8. The van der Waals surface area contributed by atoms with Gasteiger partial charge in [0.05, 0.1) is 0 Å². The number of primary amides is 1. The summed E-state index contributed by atoms with van der Waals surface area (Å²) in [7, 11) is 0. The third-order valence-corrected chi connectivity index (χ3v) is 2.80. The molecule has 0 aliphatic rings. The van der Waals surface area contributed by atoms with Crippen molar-refractivity contribution in [1.29, 1.82) is 0 Å². The van der Waals surface area contributed by atoms with Crippen LogP contribution in [0.5, 0.6) is 0 Å². The van der Waals surface area contributed by atoms with E-state index < -0.39 is 5.91 Å². The number of hydrazine groups is 2. The molecule has 0 saturated heterocycles. The van der Waals surface area contributed by atoms with Gasteiger partial charge in [-0.1, -0.05) is 24.6 Å². The maximum atomic E-state index is 11.3. The minimum absolute atomic E-state index is 0. The van der Waals surface area contributed by atoms with Gasteiger partial charge in [-0.15, -0.1) is 23.8 Å². The molecular weight excluding hydrogens is 345 g/mol. The molecule has 1 amide bonds. The Morgan fingerprint density at radius 1 is 1.57 bits per heavy atom. The molecule has 0 fully saturated rings. The molecule has 0 saturated carbocycles. The molecule has 7 nitrogen and oxygen atoms in total. The number of amides is 1. The molecule has 1 aromatic carbocycles. The maximum absolute atomic E-state index is 11.3. The molecule has 8 heteroatoms. The van der Waals surface area contributed by atoms with Crippen molar-refractivity contribution >= 4 is 17.6 Å². The van der Waals surface area contributed by atoms with Gasteiger partial charge in [0.25, 0.3) is 0 Å². The van der Waals surface area contributed by atoms with E-state index in [0.717, 1.165) is 0 Å². The molecule has 0 heterocycles. The van der Waals surface area contributed by atoms with Crippen LogP contribution in [0.15, 0.2) is 23.7 Å². The van der Waals surface area contributed by atoms with E-state index in [1.807, 2.05) is 6.92 Å². The van der Waals surface area contributed by atoms with E-state index >= 15 is 0 Å². The number of hydrogen-bond acceptors (Lipinski definition) is 4. The van der Waals surface area contributed by atoms with Gasteiger partial charge in [-0.05, 0) is 6.92 Å². The summed E-state index contributed by atoms with van der Waals surface area (Å²) in [6.07, 6.45) is 0. The zero-order chi connectivity index (χ0) is 15.3. The second-order valence-electron chi connectivity index (χ2n) is 4.07. The average Bonchev–Trinajstić information content (AvgIpc) is 2.43. The number of rotatable bonds is 4. The summed E-state index contributed by atoms with van der Waals surface area (Å²) in [6, 6.07) is 6.13.